The summed E-state index contributed by atoms with van der Waals surface area (Å²) in [5.74, 6) is 1.52. The van der Waals surface area contributed by atoms with Gasteiger partial charge in [0.1, 0.15) is 6.61 Å². The maximum Gasteiger partial charge on any atom is 0.248 e. The molecule has 0 aromatic carbocycles. The van der Waals surface area contributed by atoms with Gasteiger partial charge in [-0.15, -0.1) is 24.0 Å². The van der Waals surface area contributed by atoms with Crippen LogP contribution in [0.2, 0.25) is 0 Å². The lowest BCUT2D eigenvalue weighted by Crippen LogP contribution is -2.71. The molecule has 2 aliphatic heterocycles. The Balaban J connectivity index is 0.00000261. The number of rotatable bonds is 4. The van der Waals surface area contributed by atoms with Gasteiger partial charge in [-0.25, -0.2) is 0 Å². The van der Waals surface area contributed by atoms with Gasteiger partial charge >= 0.3 is 0 Å². The smallest absolute Gasteiger partial charge is 0.248 e. The molecule has 3 aliphatic rings. The first-order valence-corrected chi connectivity index (χ1v) is 9.85. The summed E-state index contributed by atoms with van der Waals surface area (Å²) >= 11 is 0. The van der Waals surface area contributed by atoms with E-state index in [2.05, 4.69) is 29.5 Å². The van der Waals surface area contributed by atoms with Crippen LogP contribution >= 0.6 is 24.0 Å². The molecule has 156 valence electrons. The molecule has 2 saturated heterocycles. The summed E-state index contributed by atoms with van der Waals surface area (Å²) in [7, 11) is 3.39. The molecular formula is C19H35IN4O3. The van der Waals surface area contributed by atoms with Crippen LogP contribution in [0.25, 0.3) is 0 Å². The first kappa shape index (κ1) is 22.7. The standard InChI is InChI=1S/C19H34N4O3.HI/c1-19(2)16(14-6-5-11-26-17(14)19)22-18(20-3)21-13-7-9-23(10-8-13)15(24)12-25-4;/h13-14,16-17H,5-12H2,1-4H3,(H2,20,21,22);1H. The molecule has 1 aliphatic carbocycles. The molecule has 1 amide bonds. The SMILES string of the molecule is CN=C(NC1CCN(C(=O)COC)CC1)NC1C2CCCOC2C1(C)C.I. The number of nitrogens with zero attached hydrogens (tertiary/aromatic N) is 2. The molecule has 2 N–H and O–H groups in total. The molecule has 0 bridgehead atoms. The lowest BCUT2D eigenvalue weighted by Gasteiger charge is -2.60. The van der Waals surface area contributed by atoms with E-state index < -0.39 is 0 Å². The van der Waals surface area contributed by atoms with Crippen molar-refractivity contribution >= 4 is 35.8 Å². The van der Waals surface area contributed by atoms with Crippen LogP contribution in [0.1, 0.15) is 39.5 Å². The van der Waals surface area contributed by atoms with E-state index in [0.717, 1.165) is 44.9 Å². The molecule has 3 atom stereocenters. The van der Waals surface area contributed by atoms with Crippen molar-refractivity contribution in [3.8, 4) is 0 Å². The summed E-state index contributed by atoms with van der Waals surface area (Å²) in [6.45, 7) is 7.16. The zero-order chi connectivity index (χ0) is 18.7. The van der Waals surface area contributed by atoms with E-state index >= 15 is 0 Å². The van der Waals surface area contributed by atoms with Gasteiger partial charge < -0.3 is 25.0 Å². The molecule has 3 rings (SSSR count). The number of fused-ring (bicyclic) bond motifs is 1. The lowest BCUT2D eigenvalue weighted by atomic mass is 9.55. The quantitative estimate of drug-likeness (QED) is 0.353. The van der Waals surface area contributed by atoms with E-state index in [0.29, 0.717) is 24.1 Å². The molecule has 27 heavy (non-hydrogen) atoms. The van der Waals surface area contributed by atoms with E-state index in [4.69, 9.17) is 9.47 Å². The number of aliphatic imine (C=N–C) groups is 1. The van der Waals surface area contributed by atoms with Crippen LogP contribution < -0.4 is 10.6 Å². The summed E-state index contributed by atoms with van der Waals surface area (Å²) in [5, 5.41) is 7.21. The molecule has 8 heteroatoms. The van der Waals surface area contributed by atoms with Crippen LogP contribution in [0.3, 0.4) is 0 Å². The normalized spacial score (nSPS) is 30.6. The van der Waals surface area contributed by atoms with Crippen molar-refractivity contribution in [1.82, 2.24) is 15.5 Å². The van der Waals surface area contributed by atoms with Crippen molar-refractivity contribution in [2.75, 3.05) is 40.5 Å². The van der Waals surface area contributed by atoms with E-state index in [1.165, 1.54) is 6.42 Å². The minimum atomic E-state index is 0. The number of likely N-dealkylation sites (tertiary alicyclic amines) is 1. The number of nitrogens with one attached hydrogen (secondary N) is 2. The van der Waals surface area contributed by atoms with Crippen LogP contribution in [-0.2, 0) is 14.3 Å². The van der Waals surface area contributed by atoms with Gasteiger partial charge in [-0.3, -0.25) is 9.79 Å². The van der Waals surface area contributed by atoms with Gasteiger partial charge in [0.2, 0.25) is 5.91 Å². The first-order valence-electron chi connectivity index (χ1n) is 9.85. The van der Waals surface area contributed by atoms with Crippen LogP contribution in [0.4, 0.5) is 0 Å². The Morgan fingerprint density at radius 2 is 1.96 bits per heavy atom. The second-order valence-corrected chi connectivity index (χ2v) is 8.35. The fraction of sp³-hybridized carbons (Fsp3) is 0.895. The molecule has 7 nitrogen and oxygen atoms in total. The van der Waals surface area contributed by atoms with E-state index in [1.54, 1.807) is 7.11 Å². The second-order valence-electron chi connectivity index (χ2n) is 8.35. The van der Waals surface area contributed by atoms with Crippen molar-refractivity contribution in [1.29, 1.82) is 0 Å². The number of carbonyl (C=O) groups excluding carboxylic acids is 1. The molecule has 2 heterocycles. The van der Waals surface area contributed by atoms with Crippen LogP contribution in [0.15, 0.2) is 4.99 Å². The third-order valence-electron chi connectivity index (χ3n) is 6.30. The average Bonchev–Trinajstić information content (AvgIpc) is 2.65. The number of halogens is 1. The molecule has 0 aromatic rings. The Morgan fingerprint density at radius 3 is 2.59 bits per heavy atom. The van der Waals surface area contributed by atoms with E-state index in [-0.39, 0.29) is 41.9 Å². The number of ether oxygens (including phenoxy) is 2. The zero-order valence-corrected chi connectivity index (χ0v) is 19.3. The predicted octanol–water partition coefficient (Wildman–Crippen LogP) is 1.61. The van der Waals surface area contributed by atoms with Gasteiger partial charge in [0, 0.05) is 57.3 Å². The Labute approximate surface area is 180 Å². The second kappa shape index (κ2) is 9.73. The molecule has 0 radical (unpaired) electrons. The van der Waals surface area contributed by atoms with Gasteiger partial charge in [-0.1, -0.05) is 13.8 Å². The summed E-state index contributed by atoms with van der Waals surface area (Å²) in [5.41, 5.74) is 0.124. The van der Waals surface area contributed by atoms with Gasteiger partial charge in [-0.05, 0) is 25.7 Å². The summed E-state index contributed by atoms with van der Waals surface area (Å²) < 4.78 is 10.9. The third kappa shape index (κ3) is 4.87. The van der Waals surface area contributed by atoms with Gasteiger partial charge in [0.25, 0.3) is 0 Å². The van der Waals surface area contributed by atoms with E-state index in [9.17, 15) is 4.79 Å². The highest BCUT2D eigenvalue weighted by molar-refractivity contribution is 14.0. The van der Waals surface area contributed by atoms with Crippen molar-refractivity contribution in [3.05, 3.63) is 0 Å². The Hall–Kier alpha value is -0.610. The third-order valence-corrected chi connectivity index (χ3v) is 6.30. The monoisotopic (exact) mass is 494 g/mol. The van der Waals surface area contributed by atoms with Crippen LogP contribution in [-0.4, -0.2) is 75.4 Å². The highest BCUT2D eigenvalue weighted by Crippen LogP contribution is 2.51. The largest absolute Gasteiger partial charge is 0.377 e. The number of amides is 1. The van der Waals surface area contributed by atoms with Crippen molar-refractivity contribution in [2.24, 2.45) is 16.3 Å². The Kier molecular flexibility index (Phi) is 8.18. The number of hydrogen-bond acceptors (Lipinski definition) is 4. The molecule has 0 spiro atoms. The highest BCUT2D eigenvalue weighted by Gasteiger charge is 2.58. The summed E-state index contributed by atoms with van der Waals surface area (Å²) in [4.78, 5) is 18.2. The topological polar surface area (TPSA) is 75.2 Å². The molecule has 3 fully saturated rings. The highest BCUT2D eigenvalue weighted by atomic mass is 127. The van der Waals surface area contributed by atoms with Gasteiger partial charge in [0.15, 0.2) is 5.96 Å². The zero-order valence-electron chi connectivity index (χ0n) is 17.0. The number of piperidine rings is 1. The van der Waals surface area contributed by atoms with E-state index in [1.807, 2.05) is 11.9 Å². The molecular weight excluding hydrogens is 459 g/mol. The van der Waals surface area contributed by atoms with Gasteiger partial charge in [-0.2, -0.15) is 0 Å². The van der Waals surface area contributed by atoms with Crippen molar-refractivity contribution in [3.63, 3.8) is 0 Å². The molecule has 1 saturated carbocycles. The number of methoxy groups -OCH3 is 1. The molecule has 3 unspecified atom stereocenters. The fourth-order valence-electron chi connectivity index (χ4n) is 4.81. The maximum atomic E-state index is 11.9. The minimum absolute atomic E-state index is 0. The summed E-state index contributed by atoms with van der Waals surface area (Å²) in [6, 6.07) is 0.733. The van der Waals surface area contributed by atoms with Crippen LogP contribution in [0, 0.1) is 11.3 Å². The maximum absolute atomic E-state index is 11.9. The minimum Gasteiger partial charge on any atom is -0.377 e. The van der Waals surface area contributed by atoms with Crippen molar-refractivity contribution < 1.29 is 14.3 Å². The lowest BCUT2D eigenvalue weighted by molar-refractivity contribution is -0.188. The average molecular weight is 494 g/mol. The Bertz CT molecular complexity index is 535. The molecule has 0 aromatic heterocycles. The summed E-state index contributed by atoms with van der Waals surface area (Å²) in [6.07, 6.45) is 4.60. The van der Waals surface area contributed by atoms with Crippen LogP contribution in [0.5, 0.6) is 0 Å². The van der Waals surface area contributed by atoms with Gasteiger partial charge in [0.05, 0.1) is 6.10 Å². The predicted molar refractivity (Wildman–Crippen MR) is 117 cm³/mol. The fourth-order valence-corrected chi connectivity index (χ4v) is 4.81. The number of guanidine groups is 1. The number of hydrogen-bond donors (Lipinski definition) is 2. The number of carbonyl (C=O) groups is 1. The first-order chi connectivity index (χ1) is 12.5. The Morgan fingerprint density at radius 1 is 1.26 bits per heavy atom. The van der Waals surface area contributed by atoms with Crippen molar-refractivity contribution in [2.45, 2.75) is 57.7 Å².